The topological polar surface area (TPSA) is 77.8 Å². The van der Waals surface area contributed by atoms with Crippen LogP contribution in [-0.2, 0) is 4.79 Å². The van der Waals surface area contributed by atoms with Crippen molar-refractivity contribution in [1.29, 1.82) is 0 Å². The van der Waals surface area contributed by atoms with Crippen molar-refractivity contribution in [3.63, 3.8) is 0 Å². The fourth-order valence-corrected chi connectivity index (χ4v) is 8.73. The van der Waals surface area contributed by atoms with E-state index in [0.29, 0.717) is 35.5 Å². The third kappa shape index (κ3) is 3.14. The first-order valence-electron chi connectivity index (χ1n) is 11.7. The second-order valence-corrected chi connectivity index (χ2v) is 11.4. The van der Waals surface area contributed by atoms with Crippen LogP contribution in [0, 0.1) is 46.3 Å². The van der Waals surface area contributed by atoms with Crippen molar-refractivity contribution in [2.24, 2.45) is 46.3 Å². The Hall–Kier alpha value is -0.610. The number of aliphatic hydroxyl groups is 2. The average Bonchev–Trinajstić information content (AvgIpc) is 2.98. The number of carboxylic acids is 1. The predicted octanol–water partition coefficient (Wildman–Crippen LogP) is 4.48. The number of rotatable bonds is 4. The number of hydrogen-bond acceptors (Lipinski definition) is 3. The fourth-order valence-electron chi connectivity index (χ4n) is 8.73. The maximum atomic E-state index is 11.2. The Morgan fingerprint density at radius 2 is 1.68 bits per heavy atom. The van der Waals surface area contributed by atoms with Crippen LogP contribution in [0.4, 0.5) is 0 Å². The molecule has 0 radical (unpaired) electrons. The molecule has 28 heavy (non-hydrogen) atoms. The maximum Gasteiger partial charge on any atom is 0.303 e. The molecule has 160 valence electrons. The minimum absolute atomic E-state index is 0.179. The molecule has 0 aliphatic heterocycles. The van der Waals surface area contributed by atoms with E-state index in [2.05, 4.69) is 20.8 Å². The molecule has 4 heteroatoms. The van der Waals surface area contributed by atoms with Crippen molar-refractivity contribution >= 4 is 5.97 Å². The highest BCUT2D eigenvalue weighted by Crippen LogP contribution is 2.68. The van der Waals surface area contributed by atoms with Gasteiger partial charge in [-0.2, -0.15) is 0 Å². The standard InChI is InChI=1S/C24H40O4/c1-14(4-7-21(27)28)17-5-6-18-22-19(9-11-24(17,18)3)23(2)10-8-16(25)12-15(23)13-20(22)26/h14-20,22,25-26H,4-13H2,1-3H3,(H,27,28)/t14-,15+,16-,17-,18+,19+,20-,22-,23?,24-/m1/s1. The summed E-state index contributed by atoms with van der Waals surface area (Å²) in [5.41, 5.74) is 0.523. The number of carbonyl (C=O) groups is 1. The molecule has 0 spiro atoms. The number of aliphatic hydroxyl groups excluding tert-OH is 2. The van der Waals surface area contributed by atoms with Gasteiger partial charge in [0.2, 0.25) is 0 Å². The van der Waals surface area contributed by atoms with Crippen molar-refractivity contribution in [2.45, 2.75) is 97.2 Å². The van der Waals surface area contributed by atoms with Gasteiger partial charge in [0.05, 0.1) is 12.2 Å². The molecule has 4 aliphatic rings. The van der Waals surface area contributed by atoms with Crippen molar-refractivity contribution in [3.8, 4) is 0 Å². The van der Waals surface area contributed by atoms with Crippen LogP contribution in [0.1, 0.15) is 85.0 Å². The van der Waals surface area contributed by atoms with E-state index in [1.165, 1.54) is 25.7 Å². The molecular weight excluding hydrogens is 352 g/mol. The van der Waals surface area contributed by atoms with Gasteiger partial charge in [-0.05, 0) is 104 Å². The van der Waals surface area contributed by atoms with E-state index in [-0.39, 0.29) is 29.5 Å². The van der Waals surface area contributed by atoms with Crippen molar-refractivity contribution in [1.82, 2.24) is 0 Å². The Morgan fingerprint density at radius 1 is 1.00 bits per heavy atom. The molecule has 0 saturated heterocycles. The Bertz CT molecular complexity index is 605. The Kier molecular flexibility index (Phi) is 5.36. The molecule has 4 saturated carbocycles. The van der Waals surface area contributed by atoms with E-state index >= 15 is 0 Å². The number of fused-ring (bicyclic) bond motifs is 5. The number of hydrogen-bond donors (Lipinski definition) is 3. The predicted molar refractivity (Wildman–Crippen MR) is 109 cm³/mol. The van der Waals surface area contributed by atoms with Gasteiger partial charge in [-0.3, -0.25) is 4.79 Å². The summed E-state index contributed by atoms with van der Waals surface area (Å²) in [5.74, 6) is 2.36. The van der Waals surface area contributed by atoms with Crippen molar-refractivity contribution in [3.05, 3.63) is 0 Å². The lowest BCUT2D eigenvalue weighted by atomic mass is 9.43. The van der Waals surface area contributed by atoms with E-state index in [9.17, 15) is 15.0 Å². The van der Waals surface area contributed by atoms with Gasteiger partial charge in [-0.1, -0.05) is 20.8 Å². The second kappa shape index (κ2) is 7.27. The van der Waals surface area contributed by atoms with Crippen LogP contribution in [0.15, 0.2) is 0 Å². The summed E-state index contributed by atoms with van der Waals surface area (Å²) in [4.78, 5) is 11.1. The number of aliphatic carboxylic acids is 1. The molecule has 4 rings (SSSR count). The third-order valence-electron chi connectivity index (χ3n) is 10.2. The minimum Gasteiger partial charge on any atom is -0.481 e. The van der Waals surface area contributed by atoms with Crippen LogP contribution in [0.3, 0.4) is 0 Å². The molecule has 0 bridgehead atoms. The molecule has 10 atom stereocenters. The van der Waals surface area contributed by atoms with Crippen molar-refractivity contribution in [2.75, 3.05) is 0 Å². The smallest absolute Gasteiger partial charge is 0.303 e. The molecule has 4 fully saturated rings. The normalized spacial score (nSPS) is 51.7. The lowest BCUT2D eigenvalue weighted by molar-refractivity contribution is -0.174. The Morgan fingerprint density at radius 3 is 2.39 bits per heavy atom. The summed E-state index contributed by atoms with van der Waals surface area (Å²) in [7, 11) is 0. The van der Waals surface area contributed by atoms with Gasteiger partial charge in [0.15, 0.2) is 0 Å². The van der Waals surface area contributed by atoms with Crippen molar-refractivity contribution < 1.29 is 20.1 Å². The van der Waals surface area contributed by atoms with Gasteiger partial charge in [0, 0.05) is 6.42 Å². The molecule has 0 amide bonds. The van der Waals surface area contributed by atoms with Crippen LogP contribution < -0.4 is 0 Å². The quantitative estimate of drug-likeness (QED) is 0.659. The van der Waals surface area contributed by atoms with Crippen LogP contribution in [0.5, 0.6) is 0 Å². The first-order chi connectivity index (χ1) is 13.2. The molecule has 4 nitrogen and oxygen atoms in total. The lowest BCUT2D eigenvalue weighted by Gasteiger charge is -2.62. The molecule has 1 unspecified atom stereocenters. The van der Waals surface area contributed by atoms with Crippen LogP contribution in [-0.4, -0.2) is 33.5 Å². The average molecular weight is 393 g/mol. The van der Waals surface area contributed by atoms with Crippen LogP contribution in [0.25, 0.3) is 0 Å². The van der Waals surface area contributed by atoms with E-state index in [1.54, 1.807) is 0 Å². The third-order valence-corrected chi connectivity index (χ3v) is 10.2. The van der Waals surface area contributed by atoms with E-state index in [4.69, 9.17) is 5.11 Å². The summed E-state index contributed by atoms with van der Waals surface area (Å²) >= 11 is 0. The van der Waals surface area contributed by atoms with Gasteiger partial charge in [0.25, 0.3) is 0 Å². The summed E-state index contributed by atoms with van der Waals surface area (Å²) in [6, 6.07) is 0. The zero-order valence-electron chi connectivity index (χ0n) is 17.9. The maximum absolute atomic E-state index is 11.2. The Balaban J connectivity index is 1.55. The summed E-state index contributed by atoms with van der Waals surface area (Å²) < 4.78 is 0. The zero-order valence-corrected chi connectivity index (χ0v) is 17.9. The number of carboxylic acid groups (broad SMARTS) is 1. The summed E-state index contributed by atoms with van der Waals surface area (Å²) in [6.07, 6.45) is 9.19. The fraction of sp³-hybridized carbons (Fsp3) is 0.958. The molecule has 0 aromatic heterocycles. The lowest BCUT2D eigenvalue weighted by Crippen LogP contribution is -2.58. The molecule has 4 aliphatic carbocycles. The molecule has 0 heterocycles. The molecule has 3 N–H and O–H groups in total. The highest BCUT2D eigenvalue weighted by atomic mass is 16.4. The second-order valence-electron chi connectivity index (χ2n) is 11.4. The summed E-state index contributed by atoms with van der Waals surface area (Å²) in [6.45, 7) is 7.16. The first-order valence-corrected chi connectivity index (χ1v) is 11.7. The SMILES string of the molecule is C[C@H](CCC(=O)O)[C@H]1CC[C@H]2[C@H]3[C@H](O)C[C@@H]4C[C@H](O)CCC4(C)[C@H]3CC[C@]12C. The van der Waals surface area contributed by atoms with E-state index in [1.807, 2.05) is 0 Å². The van der Waals surface area contributed by atoms with Gasteiger partial charge in [-0.15, -0.1) is 0 Å². The highest BCUT2D eigenvalue weighted by Gasteiger charge is 2.62. The summed E-state index contributed by atoms with van der Waals surface area (Å²) in [5, 5.41) is 30.5. The molecule has 0 aromatic rings. The zero-order chi connectivity index (χ0) is 20.3. The van der Waals surface area contributed by atoms with Crippen LogP contribution >= 0.6 is 0 Å². The monoisotopic (exact) mass is 392 g/mol. The van der Waals surface area contributed by atoms with Crippen LogP contribution in [0.2, 0.25) is 0 Å². The largest absolute Gasteiger partial charge is 0.481 e. The Labute approximate surface area is 170 Å². The van der Waals surface area contributed by atoms with Gasteiger partial charge in [-0.25, -0.2) is 0 Å². The van der Waals surface area contributed by atoms with Gasteiger partial charge < -0.3 is 15.3 Å². The molecular formula is C24H40O4. The van der Waals surface area contributed by atoms with E-state index in [0.717, 1.165) is 32.1 Å². The first kappa shape index (κ1) is 20.7. The van der Waals surface area contributed by atoms with Gasteiger partial charge in [0.1, 0.15) is 0 Å². The van der Waals surface area contributed by atoms with E-state index < -0.39 is 5.97 Å². The van der Waals surface area contributed by atoms with Gasteiger partial charge >= 0.3 is 5.97 Å². The molecule has 0 aromatic carbocycles. The minimum atomic E-state index is -0.684. The highest BCUT2D eigenvalue weighted by molar-refractivity contribution is 5.66.